The van der Waals surface area contributed by atoms with E-state index in [9.17, 15) is 4.79 Å². The largest absolute Gasteiger partial charge is 0.495 e. The normalized spacial score (nSPS) is 10.2. The number of ether oxygens (including phenoxy) is 2. The van der Waals surface area contributed by atoms with Crippen molar-refractivity contribution in [2.45, 2.75) is 6.92 Å². The second-order valence-corrected chi connectivity index (χ2v) is 6.06. The molecule has 0 saturated heterocycles. The third kappa shape index (κ3) is 4.69. The Morgan fingerprint density at radius 3 is 2.54 bits per heavy atom. The Kier molecular flexibility index (Phi) is 6.29. The number of benzene rings is 2. The average molecular weight is 399 g/mol. The van der Waals surface area contributed by atoms with Crippen molar-refractivity contribution < 1.29 is 14.3 Å². The van der Waals surface area contributed by atoms with E-state index in [2.05, 4.69) is 20.6 Å². The monoisotopic (exact) mass is 398 g/mol. The van der Waals surface area contributed by atoms with E-state index < -0.39 is 0 Å². The minimum Gasteiger partial charge on any atom is -0.495 e. The van der Waals surface area contributed by atoms with Crippen LogP contribution < -0.4 is 20.1 Å². The van der Waals surface area contributed by atoms with Gasteiger partial charge in [-0.05, 0) is 37.3 Å². The first kappa shape index (κ1) is 19.4. The summed E-state index contributed by atoms with van der Waals surface area (Å²) in [6, 6.07) is 12.5. The summed E-state index contributed by atoms with van der Waals surface area (Å²) in [6.07, 6.45) is 2.89. The van der Waals surface area contributed by atoms with Crippen LogP contribution in [0.25, 0.3) is 0 Å². The second kappa shape index (κ2) is 9.05. The molecule has 3 aromatic rings. The lowest BCUT2D eigenvalue weighted by Gasteiger charge is -2.11. The zero-order chi connectivity index (χ0) is 19.9. The van der Waals surface area contributed by atoms with E-state index in [1.54, 1.807) is 37.4 Å². The number of anilines is 3. The number of para-hydroxylation sites is 2. The molecule has 0 aliphatic heterocycles. The first-order chi connectivity index (χ1) is 13.6. The number of rotatable bonds is 7. The highest BCUT2D eigenvalue weighted by Crippen LogP contribution is 2.28. The molecule has 1 amide bonds. The van der Waals surface area contributed by atoms with Gasteiger partial charge in [-0.15, -0.1) is 0 Å². The zero-order valence-corrected chi connectivity index (χ0v) is 16.2. The molecular formula is C20H19ClN4O3. The quantitative estimate of drug-likeness (QED) is 0.608. The number of carbonyl (C=O) groups is 1. The minimum absolute atomic E-state index is 0.324. The van der Waals surface area contributed by atoms with Crippen molar-refractivity contribution in [3.63, 3.8) is 0 Å². The molecular weight excluding hydrogens is 380 g/mol. The lowest BCUT2D eigenvalue weighted by atomic mass is 10.2. The third-order valence-corrected chi connectivity index (χ3v) is 4.05. The van der Waals surface area contributed by atoms with Crippen molar-refractivity contribution in [3.8, 4) is 11.5 Å². The molecule has 0 saturated carbocycles. The second-order valence-electron chi connectivity index (χ2n) is 5.65. The Labute approximate surface area is 167 Å². The van der Waals surface area contributed by atoms with Crippen molar-refractivity contribution in [2.24, 2.45) is 0 Å². The van der Waals surface area contributed by atoms with Gasteiger partial charge in [0.15, 0.2) is 0 Å². The van der Waals surface area contributed by atoms with Crippen LogP contribution >= 0.6 is 11.6 Å². The van der Waals surface area contributed by atoms with Gasteiger partial charge in [0.05, 0.1) is 30.0 Å². The van der Waals surface area contributed by atoms with Crippen LogP contribution in [0.1, 0.15) is 17.3 Å². The number of nitrogens with zero attached hydrogens (tertiary/aromatic N) is 2. The molecule has 1 aromatic heterocycles. The van der Waals surface area contributed by atoms with Gasteiger partial charge >= 0.3 is 0 Å². The number of methoxy groups -OCH3 is 1. The Hall–Kier alpha value is -3.32. The van der Waals surface area contributed by atoms with Crippen LogP contribution in [0.15, 0.2) is 54.9 Å². The fourth-order valence-corrected chi connectivity index (χ4v) is 2.69. The van der Waals surface area contributed by atoms with Crippen molar-refractivity contribution >= 4 is 34.8 Å². The van der Waals surface area contributed by atoms with Crippen LogP contribution in [0, 0.1) is 0 Å². The molecule has 0 fully saturated rings. The van der Waals surface area contributed by atoms with Crippen LogP contribution in [-0.4, -0.2) is 29.6 Å². The minimum atomic E-state index is -0.328. The molecule has 0 spiro atoms. The van der Waals surface area contributed by atoms with Crippen LogP contribution in [-0.2, 0) is 0 Å². The van der Waals surface area contributed by atoms with Gasteiger partial charge in [0.1, 0.15) is 11.5 Å². The number of nitrogens with one attached hydrogen (secondary N) is 2. The number of carbonyl (C=O) groups excluding carboxylic acids is 1. The Morgan fingerprint density at radius 1 is 1.11 bits per heavy atom. The number of hydrogen-bond donors (Lipinski definition) is 2. The van der Waals surface area contributed by atoms with E-state index >= 15 is 0 Å². The Bertz CT molecular complexity index is 964. The molecule has 28 heavy (non-hydrogen) atoms. The van der Waals surface area contributed by atoms with Crippen LogP contribution in [0.5, 0.6) is 11.5 Å². The molecule has 0 bridgehead atoms. The van der Waals surface area contributed by atoms with Gasteiger partial charge in [-0.1, -0.05) is 23.7 Å². The summed E-state index contributed by atoms with van der Waals surface area (Å²) in [4.78, 5) is 20.8. The van der Waals surface area contributed by atoms with E-state index in [0.29, 0.717) is 46.0 Å². The maximum atomic E-state index is 12.5. The molecule has 7 nitrogen and oxygen atoms in total. The maximum Gasteiger partial charge on any atom is 0.258 e. The predicted molar refractivity (Wildman–Crippen MR) is 109 cm³/mol. The molecule has 0 radical (unpaired) electrons. The molecule has 0 atom stereocenters. The summed E-state index contributed by atoms with van der Waals surface area (Å²) in [5, 5.41) is 6.30. The highest BCUT2D eigenvalue weighted by Gasteiger charge is 2.11. The van der Waals surface area contributed by atoms with Crippen LogP contribution in [0.2, 0.25) is 5.02 Å². The molecule has 8 heteroatoms. The van der Waals surface area contributed by atoms with E-state index in [1.807, 2.05) is 19.1 Å². The Morgan fingerprint density at radius 2 is 1.86 bits per heavy atom. The van der Waals surface area contributed by atoms with Crippen LogP contribution in [0.3, 0.4) is 0 Å². The number of hydrogen-bond acceptors (Lipinski definition) is 6. The van der Waals surface area contributed by atoms with Crippen molar-refractivity contribution in [1.82, 2.24) is 9.97 Å². The fraction of sp³-hybridized carbons (Fsp3) is 0.150. The molecule has 0 aliphatic rings. The number of amides is 1. The summed E-state index contributed by atoms with van der Waals surface area (Å²) in [5.41, 5.74) is 1.61. The molecule has 2 aromatic carbocycles. The Balaban J connectivity index is 1.68. The van der Waals surface area contributed by atoms with Gasteiger partial charge in [0.2, 0.25) is 5.95 Å². The van der Waals surface area contributed by atoms with Gasteiger partial charge in [0.25, 0.3) is 5.91 Å². The average Bonchev–Trinajstić information content (AvgIpc) is 2.70. The highest BCUT2D eigenvalue weighted by atomic mass is 35.5. The SMILES string of the molecule is CCOc1ccccc1NC(=O)c1cnc(Nc2ccc(OC)c(Cl)c2)nc1. The van der Waals surface area contributed by atoms with Gasteiger partial charge in [0, 0.05) is 18.1 Å². The molecule has 1 heterocycles. The molecule has 0 aliphatic carbocycles. The first-order valence-electron chi connectivity index (χ1n) is 8.56. The summed E-state index contributed by atoms with van der Waals surface area (Å²) in [5.74, 6) is 1.19. The standard InChI is InChI=1S/C20H19ClN4O3/c1-3-28-18-7-5-4-6-16(18)25-19(26)13-11-22-20(23-12-13)24-14-8-9-17(27-2)15(21)10-14/h4-12H,3H2,1-2H3,(H,25,26)(H,22,23,24). The van der Waals surface area contributed by atoms with E-state index in [-0.39, 0.29) is 5.91 Å². The van der Waals surface area contributed by atoms with Gasteiger partial charge in [-0.25, -0.2) is 9.97 Å². The summed E-state index contributed by atoms with van der Waals surface area (Å²) in [6.45, 7) is 2.39. The lowest BCUT2D eigenvalue weighted by Crippen LogP contribution is -2.14. The van der Waals surface area contributed by atoms with Crippen LogP contribution in [0.4, 0.5) is 17.3 Å². The van der Waals surface area contributed by atoms with E-state index in [0.717, 1.165) is 0 Å². The predicted octanol–water partition coefficient (Wildman–Crippen LogP) is 4.53. The highest BCUT2D eigenvalue weighted by molar-refractivity contribution is 6.32. The maximum absolute atomic E-state index is 12.5. The molecule has 0 unspecified atom stereocenters. The number of halogens is 1. The molecule has 144 valence electrons. The topological polar surface area (TPSA) is 85.4 Å². The van der Waals surface area contributed by atoms with Crippen molar-refractivity contribution in [3.05, 3.63) is 65.4 Å². The number of aromatic nitrogens is 2. The van der Waals surface area contributed by atoms with Gasteiger partial charge in [-0.3, -0.25) is 4.79 Å². The van der Waals surface area contributed by atoms with Gasteiger partial charge < -0.3 is 20.1 Å². The third-order valence-electron chi connectivity index (χ3n) is 3.76. The molecule has 2 N–H and O–H groups in total. The van der Waals surface area contributed by atoms with E-state index in [4.69, 9.17) is 21.1 Å². The lowest BCUT2D eigenvalue weighted by molar-refractivity contribution is 0.102. The zero-order valence-electron chi connectivity index (χ0n) is 15.4. The van der Waals surface area contributed by atoms with Gasteiger partial charge in [-0.2, -0.15) is 0 Å². The summed E-state index contributed by atoms with van der Waals surface area (Å²) in [7, 11) is 1.55. The fourth-order valence-electron chi connectivity index (χ4n) is 2.43. The first-order valence-corrected chi connectivity index (χ1v) is 8.94. The summed E-state index contributed by atoms with van der Waals surface area (Å²) >= 11 is 6.11. The van der Waals surface area contributed by atoms with E-state index in [1.165, 1.54) is 12.4 Å². The molecule has 3 rings (SSSR count). The van der Waals surface area contributed by atoms with Crippen molar-refractivity contribution in [2.75, 3.05) is 24.4 Å². The smallest absolute Gasteiger partial charge is 0.258 e. The van der Waals surface area contributed by atoms with Crippen molar-refractivity contribution in [1.29, 1.82) is 0 Å². The summed E-state index contributed by atoms with van der Waals surface area (Å²) < 4.78 is 10.6.